The first-order valence-corrected chi connectivity index (χ1v) is 11.1. The number of aliphatic hydroxyl groups excluding tert-OH is 1. The number of phenols is 2. The minimum absolute atomic E-state index is 0.0264. The minimum Gasteiger partial charge on any atom is -0.504 e. The van der Waals surface area contributed by atoms with E-state index in [0.29, 0.717) is 22.9 Å². The number of aliphatic hydroxyl groups is 1. The molecule has 154 valence electrons. The topological polar surface area (TPSA) is 115 Å². The van der Waals surface area contributed by atoms with Crippen molar-refractivity contribution in [3.8, 4) is 11.5 Å². The molecule has 0 aromatic heterocycles. The first-order chi connectivity index (χ1) is 13.2. The van der Waals surface area contributed by atoms with E-state index in [1.807, 2.05) is 6.92 Å². The van der Waals surface area contributed by atoms with Gasteiger partial charge in [0.15, 0.2) is 17.3 Å². The number of aromatic hydroxyl groups is 2. The van der Waals surface area contributed by atoms with Crippen LogP contribution in [-0.2, 0) is 20.8 Å². The van der Waals surface area contributed by atoms with Crippen molar-refractivity contribution in [1.82, 2.24) is 4.90 Å². The Kier molecular flexibility index (Phi) is 8.21. The van der Waals surface area contributed by atoms with Crippen LogP contribution in [0.1, 0.15) is 25.8 Å². The number of nitrogens with zero attached hydrogens (tertiary/aromatic N) is 1. The van der Waals surface area contributed by atoms with Crippen LogP contribution in [0, 0.1) is 5.92 Å². The molecule has 0 saturated carbocycles. The molecule has 3 N–H and O–H groups in total. The summed E-state index contributed by atoms with van der Waals surface area (Å²) in [6.07, 6.45) is -1.48. The van der Waals surface area contributed by atoms with E-state index in [1.165, 1.54) is 46.6 Å². The van der Waals surface area contributed by atoms with Gasteiger partial charge in [-0.2, -0.15) is 0 Å². The normalized spacial score (nSPS) is 18.7. The van der Waals surface area contributed by atoms with E-state index >= 15 is 0 Å². The van der Waals surface area contributed by atoms with Crippen molar-refractivity contribution in [3.05, 3.63) is 23.8 Å². The number of benzene rings is 1. The lowest BCUT2D eigenvalue weighted by atomic mass is 9.96. The van der Waals surface area contributed by atoms with Crippen LogP contribution in [0.15, 0.2) is 18.2 Å². The van der Waals surface area contributed by atoms with Crippen LogP contribution >= 0.6 is 23.5 Å². The molecule has 0 spiro atoms. The quantitative estimate of drug-likeness (QED) is 0.538. The first-order valence-electron chi connectivity index (χ1n) is 9.01. The lowest BCUT2D eigenvalue weighted by Gasteiger charge is -2.25. The van der Waals surface area contributed by atoms with Crippen molar-refractivity contribution in [2.24, 2.45) is 5.92 Å². The first kappa shape index (κ1) is 22.6. The molecule has 7 nitrogen and oxygen atoms in total. The summed E-state index contributed by atoms with van der Waals surface area (Å²) >= 11 is 2.70. The maximum Gasteiger partial charge on any atom is 0.227 e. The fourth-order valence-corrected chi connectivity index (χ4v) is 4.89. The van der Waals surface area contributed by atoms with Crippen molar-refractivity contribution in [2.75, 3.05) is 17.4 Å². The van der Waals surface area contributed by atoms with Gasteiger partial charge in [0.05, 0.1) is 5.88 Å². The highest BCUT2D eigenvalue weighted by Gasteiger charge is 2.37. The van der Waals surface area contributed by atoms with Crippen molar-refractivity contribution in [3.63, 3.8) is 0 Å². The van der Waals surface area contributed by atoms with Gasteiger partial charge >= 0.3 is 0 Å². The van der Waals surface area contributed by atoms with E-state index < -0.39 is 23.8 Å². The predicted molar refractivity (Wildman–Crippen MR) is 109 cm³/mol. The molecule has 0 radical (unpaired) electrons. The summed E-state index contributed by atoms with van der Waals surface area (Å²) in [5.74, 6) is -0.358. The second-order valence-electron chi connectivity index (χ2n) is 6.69. The Hall–Kier alpha value is -1.71. The third kappa shape index (κ3) is 5.65. The lowest BCUT2D eigenvalue weighted by Crippen LogP contribution is -2.44. The van der Waals surface area contributed by atoms with Crippen molar-refractivity contribution >= 4 is 40.3 Å². The van der Waals surface area contributed by atoms with Gasteiger partial charge in [-0.1, -0.05) is 31.7 Å². The molecule has 28 heavy (non-hydrogen) atoms. The molecule has 1 aromatic rings. The maximum atomic E-state index is 12.7. The van der Waals surface area contributed by atoms with E-state index in [-0.39, 0.29) is 35.4 Å². The van der Waals surface area contributed by atoms with Crippen LogP contribution in [0.3, 0.4) is 0 Å². The zero-order valence-corrected chi connectivity index (χ0v) is 17.5. The van der Waals surface area contributed by atoms with Gasteiger partial charge in [-0.05, 0) is 23.4 Å². The van der Waals surface area contributed by atoms with Gasteiger partial charge in [0.2, 0.25) is 11.0 Å². The summed E-state index contributed by atoms with van der Waals surface area (Å²) in [6.45, 7) is 3.50. The van der Waals surface area contributed by atoms with Gasteiger partial charge in [0.25, 0.3) is 0 Å². The molecular formula is C19H25NO6S2. The van der Waals surface area contributed by atoms with Crippen LogP contribution in [-0.4, -0.2) is 66.6 Å². The molecule has 9 heteroatoms. The molecule has 3 unspecified atom stereocenters. The number of hydrogen-bond donors (Lipinski definition) is 3. The third-order valence-electron chi connectivity index (χ3n) is 4.49. The molecule has 1 heterocycles. The molecule has 1 aromatic carbocycles. The van der Waals surface area contributed by atoms with Crippen molar-refractivity contribution < 1.29 is 29.7 Å². The Labute approximate surface area is 172 Å². The summed E-state index contributed by atoms with van der Waals surface area (Å²) in [5.41, 5.74) is 0.494. The average Bonchev–Trinajstić information content (AvgIpc) is 3.14. The van der Waals surface area contributed by atoms with Gasteiger partial charge in [-0.3, -0.25) is 14.4 Å². The molecule has 3 atom stereocenters. The molecule has 1 saturated heterocycles. The lowest BCUT2D eigenvalue weighted by molar-refractivity contribution is -0.141. The minimum atomic E-state index is -1.32. The van der Waals surface area contributed by atoms with Gasteiger partial charge in [-0.15, -0.1) is 11.8 Å². The molecule has 0 bridgehead atoms. The highest BCUT2D eigenvalue weighted by Crippen LogP contribution is 2.28. The molecule has 1 aliphatic rings. The molecular weight excluding hydrogens is 402 g/mol. The zero-order valence-electron chi connectivity index (χ0n) is 15.8. The Balaban J connectivity index is 1.93. The Morgan fingerprint density at radius 3 is 2.64 bits per heavy atom. The van der Waals surface area contributed by atoms with E-state index in [9.17, 15) is 29.7 Å². The van der Waals surface area contributed by atoms with Gasteiger partial charge in [0.1, 0.15) is 12.1 Å². The zero-order chi connectivity index (χ0) is 20.8. The van der Waals surface area contributed by atoms with Crippen molar-refractivity contribution in [1.29, 1.82) is 0 Å². The van der Waals surface area contributed by atoms with Gasteiger partial charge < -0.3 is 20.2 Å². The van der Waals surface area contributed by atoms with Crippen LogP contribution in [0.5, 0.6) is 11.5 Å². The standard InChI is InChI=1S/C19H25NO6S2/c1-3-28-19(26)13-9-27-10-20(13)18(25)11(2)6-15(22)17(24)8-12-4-5-14(21)16(23)7-12/h4-5,7,11,13,17,21,23-24H,3,6,8-10H2,1-2H3. The Morgan fingerprint density at radius 1 is 1.29 bits per heavy atom. The predicted octanol–water partition coefficient (Wildman–Crippen LogP) is 1.78. The fourth-order valence-electron chi connectivity index (χ4n) is 2.93. The van der Waals surface area contributed by atoms with Crippen LogP contribution in [0.25, 0.3) is 0 Å². The smallest absolute Gasteiger partial charge is 0.227 e. The number of carbonyl (C=O) groups is 3. The number of phenolic OH excluding ortho intramolecular Hbond substituents is 2. The monoisotopic (exact) mass is 427 g/mol. The number of ketones is 1. The summed E-state index contributed by atoms with van der Waals surface area (Å²) in [4.78, 5) is 38.8. The van der Waals surface area contributed by atoms with Gasteiger partial charge in [-0.25, -0.2) is 0 Å². The van der Waals surface area contributed by atoms with Crippen LogP contribution in [0.2, 0.25) is 0 Å². The summed E-state index contributed by atoms with van der Waals surface area (Å²) in [6, 6.07) is 3.60. The number of rotatable bonds is 8. The number of hydrogen-bond acceptors (Lipinski definition) is 8. The fraction of sp³-hybridized carbons (Fsp3) is 0.526. The maximum absolute atomic E-state index is 12.7. The molecule has 0 aliphatic carbocycles. The number of carbonyl (C=O) groups excluding carboxylic acids is 3. The third-order valence-corrected chi connectivity index (χ3v) is 6.35. The summed E-state index contributed by atoms with van der Waals surface area (Å²) in [5, 5.41) is 28.9. The largest absolute Gasteiger partial charge is 0.504 e. The highest BCUT2D eigenvalue weighted by atomic mass is 32.2. The van der Waals surface area contributed by atoms with E-state index in [1.54, 1.807) is 6.92 Å². The van der Waals surface area contributed by atoms with E-state index in [0.717, 1.165) is 0 Å². The molecule has 2 rings (SSSR count). The molecule has 1 amide bonds. The van der Waals surface area contributed by atoms with Crippen LogP contribution < -0.4 is 0 Å². The Morgan fingerprint density at radius 2 is 2.00 bits per heavy atom. The number of amides is 1. The van der Waals surface area contributed by atoms with E-state index in [4.69, 9.17) is 0 Å². The SMILES string of the molecule is CCSC(=O)C1CSCN1C(=O)C(C)CC(=O)C(O)Cc1ccc(O)c(O)c1. The second-order valence-corrected chi connectivity index (χ2v) is 8.96. The summed E-state index contributed by atoms with van der Waals surface area (Å²) < 4.78 is 0. The summed E-state index contributed by atoms with van der Waals surface area (Å²) in [7, 11) is 0. The number of Topliss-reactive ketones (excluding diaryl/α,β-unsaturated/α-hetero) is 1. The molecule has 1 aliphatic heterocycles. The second kappa shape index (κ2) is 10.2. The van der Waals surface area contributed by atoms with E-state index in [2.05, 4.69) is 0 Å². The highest BCUT2D eigenvalue weighted by molar-refractivity contribution is 8.13. The van der Waals surface area contributed by atoms with Gasteiger partial charge in [0, 0.05) is 24.5 Å². The number of thioether (sulfide) groups is 2. The Bertz CT molecular complexity index is 741. The molecule has 1 fully saturated rings. The van der Waals surface area contributed by atoms with Crippen molar-refractivity contribution in [2.45, 2.75) is 38.8 Å². The average molecular weight is 428 g/mol. The van der Waals surface area contributed by atoms with Crippen LogP contribution in [0.4, 0.5) is 0 Å².